The Kier molecular flexibility index (Phi) is 6.09. The van der Waals surface area contributed by atoms with Gasteiger partial charge in [-0.3, -0.25) is 4.79 Å². The Bertz CT molecular complexity index is 1060. The van der Waals surface area contributed by atoms with E-state index >= 15 is 0 Å². The monoisotopic (exact) mass is 435 g/mol. The summed E-state index contributed by atoms with van der Waals surface area (Å²) in [5.74, 6) is 2.08. The first-order chi connectivity index (χ1) is 15.8. The summed E-state index contributed by atoms with van der Waals surface area (Å²) in [6, 6.07) is 2.20. The molecule has 3 aromatic rings. The van der Waals surface area contributed by atoms with Crippen LogP contribution in [0.25, 0.3) is 11.2 Å². The Morgan fingerprint density at radius 3 is 2.78 bits per heavy atom. The SMILES string of the molecule is O=C1CCCN1CCCNc1nc(Nc2ccncn2)nc2c1ncn2C1CCCCC1. The second kappa shape index (κ2) is 9.46. The Labute approximate surface area is 186 Å². The van der Waals surface area contributed by atoms with Crippen LogP contribution in [0.3, 0.4) is 0 Å². The van der Waals surface area contributed by atoms with Crippen LogP contribution in [0.4, 0.5) is 17.6 Å². The smallest absolute Gasteiger partial charge is 0.232 e. The Balaban J connectivity index is 1.38. The lowest BCUT2D eigenvalue weighted by molar-refractivity contribution is -0.127. The molecule has 0 aromatic carbocycles. The highest BCUT2D eigenvalue weighted by atomic mass is 16.2. The van der Waals surface area contributed by atoms with E-state index in [9.17, 15) is 4.79 Å². The van der Waals surface area contributed by atoms with Gasteiger partial charge in [-0.1, -0.05) is 19.3 Å². The van der Waals surface area contributed by atoms with Crippen LogP contribution < -0.4 is 10.6 Å². The van der Waals surface area contributed by atoms with Crippen molar-refractivity contribution in [2.75, 3.05) is 30.3 Å². The predicted octanol–water partition coefficient (Wildman–Crippen LogP) is 3.29. The van der Waals surface area contributed by atoms with Gasteiger partial charge in [0, 0.05) is 38.3 Å². The highest BCUT2D eigenvalue weighted by molar-refractivity contribution is 5.84. The van der Waals surface area contributed by atoms with Gasteiger partial charge in [0.15, 0.2) is 17.0 Å². The summed E-state index contributed by atoms with van der Waals surface area (Å²) in [7, 11) is 0. The quantitative estimate of drug-likeness (QED) is 0.518. The highest BCUT2D eigenvalue weighted by Gasteiger charge is 2.22. The molecule has 1 saturated carbocycles. The minimum absolute atomic E-state index is 0.261. The van der Waals surface area contributed by atoms with Crippen molar-refractivity contribution in [1.82, 2.24) is 34.4 Å². The van der Waals surface area contributed by atoms with Gasteiger partial charge >= 0.3 is 0 Å². The number of rotatable bonds is 8. The number of amides is 1. The molecule has 0 bridgehead atoms. The number of hydrogen-bond acceptors (Lipinski definition) is 8. The Morgan fingerprint density at radius 1 is 1.09 bits per heavy atom. The number of aromatic nitrogens is 6. The van der Waals surface area contributed by atoms with E-state index in [1.165, 1.54) is 25.6 Å². The predicted molar refractivity (Wildman–Crippen MR) is 122 cm³/mol. The molecule has 10 nitrogen and oxygen atoms in total. The molecule has 32 heavy (non-hydrogen) atoms. The molecule has 2 N–H and O–H groups in total. The third kappa shape index (κ3) is 4.49. The van der Waals surface area contributed by atoms with E-state index in [0.29, 0.717) is 36.6 Å². The van der Waals surface area contributed by atoms with Crippen LogP contribution in [0, 0.1) is 0 Å². The molecule has 168 valence electrons. The van der Waals surface area contributed by atoms with Gasteiger partial charge < -0.3 is 20.1 Å². The number of imidazole rings is 1. The van der Waals surface area contributed by atoms with Crippen molar-refractivity contribution >= 4 is 34.7 Å². The van der Waals surface area contributed by atoms with E-state index in [1.807, 2.05) is 11.2 Å². The van der Waals surface area contributed by atoms with Crippen LogP contribution in [-0.2, 0) is 4.79 Å². The van der Waals surface area contributed by atoms with Crippen molar-refractivity contribution in [2.45, 2.75) is 57.4 Å². The molecule has 0 unspecified atom stereocenters. The lowest BCUT2D eigenvalue weighted by atomic mass is 9.95. The first kappa shape index (κ1) is 20.6. The number of nitrogens with one attached hydrogen (secondary N) is 2. The molecule has 2 fully saturated rings. The minimum Gasteiger partial charge on any atom is -0.368 e. The molecule has 0 radical (unpaired) electrons. The molecule has 0 atom stereocenters. The fourth-order valence-electron chi connectivity index (χ4n) is 4.62. The molecular formula is C22H29N9O. The summed E-state index contributed by atoms with van der Waals surface area (Å²) in [5.41, 5.74) is 1.61. The molecule has 10 heteroatoms. The molecule has 3 aromatic heterocycles. The van der Waals surface area contributed by atoms with E-state index in [1.54, 1.807) is 12.3 Å². The minimum atomic E-state index is 0.261. The van der Waals surface area contributed by atoms with Crippen LogP contribution in [0.1, 0.15) is 57.4 Å². The highest BCUT2D eigenvalue weighted by Crippen LogP contribution is 2.32. The summed E-state index contributed by atoms with van der Waals surface area (Å²) < 4.78 is 2.20. The maximum atomic E-state index is 11.8. The fourth-order valence-corrected chi connectivity index (χ4v) is 4.62. The van der Waals surface area contributed by atoms with E-state index in [0.717, 1.165) is 49.9 Å². The number of fused-ring (bicyclic) bond motifs is 1. The zero-order valence-corrected chi connectivity index (χ0v) is 18.2. The Hall–Kier alpha value is -3.30. The lowest BCUT2D eigenvalue weighted by Gasteiger charge is -2.23. The van der Waals surface area contributed by atoms with Crippen molar-refractivity contribution in [3.05, 3.63) is 24.9 Å². The number of anilines is 3. The Morgan fingerprint density at radius 2 is 2.00 bits per heavy atom. The zero-order chi connectivity index (χ0) is 21.8. The molecule has 1 aliphatic heterocycles. The van der Waals surface area contributed by atoms with Gasteiger partial charge in [-0.05, 0) is 31.7 Å². The third-order valence-electron chi connectivity index (χ3n) is 6.28. The van der Waals surface area contributed by atoms with Gasteiger partial charge in [0.2, 0.25) is 11.9 Å². The zero-order valence-electron chi connectivity index (χ0n) is 18.2. The fraction of sp³-hybridized carbons (Fsp3) is 0.545. The number of hydrogen-bond donors (Lipinski definition) is 2. The second-order valence-corrected chi connectivity index (χ2v) is 8.50. The van der Waals surface area contributed by atoms with Crippen LogP contribution in [0.15, 0.2) is 24.9 Å². The van der Waals surface area contributed by atoms with Gasteiger partial charge in [-0.25, -0.2) is 15.0 Å². The van der Waals surface area contributed by atoms with Crippen LogP contribution in [-0.4, -0.2) is 59.9 Å². The topological polar surface area (TPSA) is 114 Å². The average Bonchev–Trinajstić information content (AvgIpc) is 3.44. The van der Waals surface area contributed by atoms with Gasteiger partial charge in [-0.15, -0.1) is 0 Å². The molecule has 5 rings (SSSR count). The number of carbonyl (C=O) groups is 1. The van der Waals surface area contributed by atoms with Crippen molar-refractivity contribution in [1.29, 1.82) is 0 Å². The summed E-state index contributed by atoms with van der Waals surface area (Å²) in [6.45, 7) is 2.34. The first-order valence-corrected chi connectivity index (χ1v) is 11.6. The number of likely N-dealkylation sites (tertiary alicyclic amines) is 1. The molecule has 2 aliphatic rings. The van der Waals surface area contributed by atoms with E-state index in [4.69, 9.17) is 4.98 Å². The van der Waals surface area contributed by atoms with Crippen molar-refractivity contribution in [3.63, 3.8) is 0 Å². The van der Waals surface area contributed by atoms with Crippen LogP contribution >= 0.6 is 0 Å². The molecule has 1 amide bonds. The molecular weight excluding hydrogens is 406 g/mol. The third-order valence-corrected chi connectivity index (χ3v) is 6.28. The number of nitrogens with zero attached hydrogens (tertiary/aromatic N) is 7. The van der Waals surface area contributed by atoms with Crippen molar-refractivity contribution in [2.24, 2.45) is 0 Å². The standard InChI is InChI=1S/C22H29N9O/c32-18-8-4-12-30(18)13-5-10-24-20-19-21(31(15-26-19)16-6-2-1-3-7-16)29-22(28-20)27-17-9-11-23-14-25-17/h9,11,14-16H,1-8,10,12-13H2,(H2,23,24,25,27,28,29). The van der Waals surface area contributed by atoms with E-state index in [-0.39, 0.29) is 5.91 Å². The van der Waals surface area contributed by atoms with Crippen molar-refractivity contribution < 1.29 is 4.79 Å². The second-order valence-electron chi connectivity index (χ2n) is 8.50. The van der Waals surface area contributed by atoms with E-state index < -0.39 is 0 Å². The molecule has 4 heterocycles. The molecule has 0 spiro atoms. The van der Waals surface area contributed by atoms with Gasteiger partial charge in [0.25, 0.3) is 0 Å². The first-order valence-electron chi connectivity index (χ1n) is 11.6. The van der Waals surface area contributed by atoms with Gasteiger partial charge in [-0.2, -0.15) is 9.97 Å². The van der Waals surface area contributed by atoms with Crippen molar-refractivity contribution in [3.8, 4) is 0 Å². The van der Waals surface area contributed by atoms with Gasteiger partial charge in [0.05, 0.1) is 6.33 Å². The largest absolute Gasteiger partial charge is 0.368 e. The maximum Gasteiger partial charge on any atom is 0.232 e. The number of carbonyl (C=O) groups excluding carboxylic acids is 1. The van der Waals surface area contributed by atoms with Crippen LogP contribution in [0.5, 0.6) is 0 Å². The van der Waals surface area contributed by atoms with E-state index in [2.05, 4.69) is 35.1 Å². The van der Waals surface area contributed by atoms with Gasteiger partial charge in [0.1, 0.15) is 12.1 Å². The van der Waals surface area contributed by atoms with Crippen LogP contribution in [0.2, 0.25) is 0 Å². The normalized spacial score (nSPS) is 17.2. The maximum absolute atomic E-state index is 11.8. The molecule has 1 saturated heterocycles. The summed E-state index contributed by atoms with van der Waals surface area (Å²) >= 11 is 0. The molecule has 1 aliphatic carbocycles. The summed E-state index contributed by atoms with van der Waals surface area (Å²) in [4.78, 5) is 36.1. The summed E-state index contributed by atoms with van der Waals surface area (Å²) in [6.07, 6.45) is 13.6. The average molecular weight is 436 g/mol. The summed E-state index contributed by atoms with van der Waals surface area (Å²) in [5, 5.41) is 6.62. The lowest BCUT2D eigenvalue weighted by Crippen LogP contribution is -2.27.